The van der Waals surface area contributed by atoms with Crippen molar-refractivity contribution in [2.75, 3.05) is 25.0 Å². The Morgan fingerprint density at radius 3 is 2.72 bits per heavy atom. The number of carbonyl (C=O) groups excluding carboxylic acids is 1. The predicted molar refractivity (Wildman–Crippen MR) is 114 cm³/mol. The smallest absolute Gasteiger partial charge is 0.229 e. The van der Waals surface area contributed by atoms with E-state index in [0.717, 1.165) is 54.6 Å². The lowest BCUT2D eigenvalue weighted by atomic mass is 9.95. The Morgan fingerprint density at radius 1 is 1.24 bits per heavy atom. The Morgan fingerprint density at radius 2 is 2.03 bits per heavy atom. The van der Waals surface area contributed by atoms with Gasteiger partial charge in [-0.25, -0.2) is 15.0 Å². The zero-order valence-corrected chi connectivity index (χ0v) is 17.3. The van der Waals surface area contributed by atoms with E-state index in [4.69, 9.17) is 0 Å². The van der Waals surface area contributed by atoms with Crippen LogP contribution in [-0.4, -0.2) is 50.0 Å². The summed E-state index contributed by atoms with van der Waals surface area (Å²) in [5.74, 6) is 1.08. The van der Waals surface area contributed by atoms with E-state index in [1.165, 1.54) is 0 Å². The van der Waals surface area contributed by atoms with Crippen LogP contribution in [0.25, 0.3) is 22.2 Å². The maximum absolute atomic E-state index is 12.7. The first-order valence-corrected chi connectivity index (χ1v) is 10.3. The Bertz CT molecular complexity index is 1000. The van der Waals surface area contributed by atoms with E-state index >= 15 is 0 Å². The molecule has 3 aromatic rings. The van der Waals surface area contributed by atoms with Gasteiger partial charge in [-0.2, -0.15) is 0 Å². The molecular weight excluding hydrogens is 364 g/mol. The molecule has 152 valence electrons. The lowest BCUT2D eigenvalue weighted by molar-refractivity contribution is -0.121. The molecule has 1 fully saturated rings. The molecule has 4 rings (SSSR count). The second-order valence-electron chi connectivity index (χ2n) is 8.31. The van der Waals surface area contributed by atoms with E-state index < -0.39 is 0 Å². The van der Waals surface area contributed by atoms with Crippen LogP contribution in [0.2, 0.25) is 0 Å². The largest absolute Gasteiger partial charge is 0.334 e. The molecule has 1 amide bonds. The summed E-state index contributed by atoms with van der Waals surface area (Å²) in [6.45, 7) is 7.51. The predicted octanol–water partition coefficient (Wildman–Crippen LogP) is 3.34. The Hall–Kier alpha value is -2.80. The number of rotatable bonds is 5. The molecule has 0 unspecified atom stereocenters. The number of imidazole rings is 1. The monoisotopic (exact) mass is 392 g/mol. The van der Waals surface area contributed by atoms with Crippen molar-refractivity contribution < 1.29 is 4.79 Å². The van der Waals surface area contributed by atoms with Gasteiger partial charge in [0.05, 0.1) is 23.7 Å². The van der Waals surface area contributed by atoms with Crippen molar-refractivity contribution in [1.82, 2.24) is 24.4 Å². The van der Waals surface area contributed by atoms with Crippen molar-refractivity contribution in [3.63, 3.8) is 0 Å². The van der Waals surface area contributed by atoms with Crippen molar-refractivity contribution in [1.29, 1.82) is 0 Å². The summed E-state index contributed by atoms with van der Waals surface area (Å²) in [7, 11) is 1.96. The molecule has 1 saturated heterocycles. The fourth-order valence-corrected chi connectivity index (χ4v) is 3.98. The van der Waals surface area contributed by atoms with Crippen LogP contribution in [-0.2, 0) is 11.8 Å². The Balaban J connectivity index is 1.45. The molecule has 0 aliphatic carbocycles. The summed E-state index contributed by atoms with van der Waals surface area (Å²) >= 11 is 0. The number of benzene rings is 1. The van der Waals surface area contributed by atoms with Gasteiger partial charge in [-0.1, -0.05) is 26.0 Å². The maximum atomic E-state index is 12.7. The van der Waals surface area contributed by atoms with Crippen molar-refractivity contribution >= 4 is 22.8 Å². The number of aryl methyl sites for hydroxylation is 1. The molecule has 0 saturated carbocycles. The second kappa shape index (κ2) is 8.29. The van der Waals surface area contributed by atoms with Crippen LogP contribution in [0.15, 0.2) is 36.9 Å². The average Bonchev–Trinajstić information content (AvgIpc) is 3.13. The fourth-order valence-electron chi connectivity index (χ4n) is 3.98. The first kappa shape index (κ1) is 19.5. The Kier molecular flexibility index (Phi) is 5.58. The topological polar surface area (TPSA) is 75.9 Å². The van der Waals surface area contributed by atoms with Gasteiger partial charge >= 0.3 is 0 Å². The molecule has 7 heteroatoms. The van der Waals surface area contributed by atoms with Gasteiger partial charge in [-0.15, -0.1) is 0 Å². The molecule has 1 aliphatic heterocycles. The molecule has 1 aliphatic rings. The zero-order chi connectivity index (χ0) is 20.4. The highest BCUT2D eigenvalue weighted by molar-refractivity contribution is 5.92. The van der Waals surface area contributed by atoms with Crippen LogP contribution in [0, 0.1) is 11.8 Å². The van der Waals surface area contributed by atoms with E-state index in [1.54, 1.807) is 12.5 Å². The van der Waals surface area contributed by atoms with E-state index in [0.29, 0.717) is 11.9 Å². The van der Waals surface area contributed by atoms with Crippen LogP contribution in [0.1, 0.15) is 26.7 Å². The van der Waals surface area contributed by atoms with Crippen molar-refractivity contribution in [2.45, 2.75) is 26.7 Å². The maximum Gasteiger partial charge on any atom is 0.229 e. The molecule has 3 heterocycles. The molecule has 7 nitrogen and oxygen atoms in total. The third kappa shape index (κ3) is 4.45. The van der Waals surface area contributed by atoms with Gasteiger partial charge in [0.1, 0.15) is 0 Å². The number of nitrogens with zero attached hydrogens (tertiary/aromatic N) is 5. The van der Waals surface area contributed by atoms with Gasteiger partial charge in [-0.05, 0) is 37.9 Å². The molecule has 0 atom stereocenters. The number of amides is 1. The van der Waals surface area contributed by atoms with E-state index in [2.05, 4.69) is 39.0 Å². The highest BCUT2D eigenvalue weighted by Crippen LogP contribution is 2.24. The van der Waals surface area contributed by atoms with Gasteiger partial charge in [0.2, 0.25) is 11.9 Å². The number of fused-ring (bicyclic) bond motifs is 1. The van der Waals surface area contributed by atoms with Crippen LogP contribution in [0.4, 0.5) is 5.95 Å². The lowest BCUT2D eigenvalue weighted by Gasteiger charge is -2.32. The summed E-state index contributed by atoms with van der Waals surface area (Å²) in [5, 5.41) is 3.87. The quantitative estimate of drug-likeness (QED) is 0.721. The Labute approximate surface area is 171 Å². The van der Waals surface area contributed by atoms with Crippen LogP contribution < -0.4 is 5.32 Å². The third-order valence-electron chi connectivity index (χ3n) is 5.51. The van der Waals surface area contributed by atoms with Gasteiger partial charge in [0, 0.05) is 36.7 Å². The minimum atomic E-state index is 0.0244. The number of carbonyl (C=O) groups is 1. The fraction of sp³-hybridized carbons (Fsp3) is 0.455. The highest BCUT2D eigenvalue weighted by Gasteiger charge is 2.25. The van der Waals surface area contributed by atoms with Crippen LogP contribution in [0.3, 0.4) is 0 Å². The minimum absolute atomic E-state index is 0.0244. The highest BCUT2D eigenvalue weighted by atomic mass is 16.2. The molecule has 1 aromatic carbocycles. The van der Waals surface area contributed by atoms with Crippen molar-refractivity contribution in [3.05, 3.63) is 36.9 Å². The average molecular weight is 393 g/mol. The SMILES string of the molecule is CC(C)CN1CCC(C(=O)Nc2ncc3ccc(-c4cncn4C)cc3n2)CC1. The van der Waals surface area contributed by atoms with E-state index in [9.17, 15) is 4.79 Å². The number of anilines is 1. The molecule has 0 bridgehead atoms. The number of piperidine rings is 1. The van der Waals surface area contributed by atoms with Gasteiger partial charge < -0.3 is 9.47 Å². The van der Waals surface area contributed by atoms with Crippen molar-refractivity contribution in [3.8, 4) is 11.3 Å². The summed E-state index contributed by atoms with van der Waals surface area (Å²) in [4.78, 5) is 28.2. The summed E-state index contributed by atoms with van der Waals surface area (Å²) in [6, 6.07) is 6.04. The number of aromatic nitrogens is 4. The van der Waals surface area contributed by atoms with E-state index in [-0.39, 0.29) is 11.8 Å². The van der Waals surface area contributed by atoms with Crippen LogP contribution in [0.5, 0.6) is 0 Å². The normalized spacial score (nSPS) is 15.9. The number of nitrogens with one attached hydrogen (secondary N) is 1. The van der Waals surface area contributed by atoms with Crippen molar-refractivity contribution in [2.24, 2.45) is 18.9 Å². The number of likely N-dealkylation sites (tertiary alicyclic amines) is 1. The molecular formula is C22H28N6O. The lowest BCUT2D eigenvalue weighted by Crippen LogP contribution is -2.39. The van der Waals surface area contributed by atoms with Gasteiger partial charge in [0.15, 0.2) is 0 Å². The second-order valence-corrected chi connectivity index (χ2v) is 8.31. The molecule has 0 radical (unpaired) electrons. The molecule has 1 N–H and O–H groups in total. The van der Waals surface area contributed by atoms with E-state index in [1.807, 2.05) is 36.0 Å². The standard InChI is InChI=1S/C22H28N6O/c1-15(2)13-28-8-6-16(7-9-28)21(29)26-22-24-11-18-5-4-17(10-19(18)25-22)20-12-23-14-27(20)3/h4-5,10-12,14-16H,6-9,13H2,1-3H3,(H,24,25,26,29). The molecule has 0 spiro atoms. The van der Waals surface area contributed by atoms with Gasteiger partial charge in [0.25, 0.3) is 0 Å². The minimum Gasteiger partial charge on any atom is -0.334 e. The zero-order valence-electron chi connectivity index (χ0n) is 17.3. The first-order valence-electron chi connectivity index (χ1n) is 10.3. The number of hydrogen-bond donors (Lipinski definition) is 1. The third-order valence-corrected chi connectivity index (χ3v) is 5.51. The molecule has 2 aromatic heterocycles. The van der Waals surface area contributed by atoms with Gasteiger partial charge in [-0.3, -0.25) is 10.1 Å². The number of hydrogen-bond acceptors (Lipinski definition) is 5. The summed E-state index contributed by atoms with van der Waals surface area (Å²) < 4.78 is 1.97. The summed E-state index contributed by atoms with van der Waals surface area (Å²) in [5.41, 5.74) is 2.86. The molecule has 29 heavy (non-hydrogen) atoms. The van der Waals surface area contributed by atoms with Crippen LogP contribution >= 0.6 is 0 Å². The summed E-state index contributed by atoms with van der Waals surface area (Å²) in [6.07, 6.45) is 7.14. The first-order chi connectivity index (χ1) is 14.0.